The first-order valence-corrected chi connectivity index (χ1v) is 9.80. The molecule has 8 heteroatoms. The summed E-state index contributed by atoms with van der Waals surface area (Å²) < 4.78 is 7.70. The Morgan fingerprint density at radius 3 is 2.89 bits per heavy atom. The highest BCUT2D eigenvalue weighted by atomic mass is 35.5. The van der Waals surface area contributed by atoms with Gasteiger partial charge in [-0.25, -0.2) is 4.98 Å². The molecule has 0 aromatic carbocycles. The summed E-state index contributed by atoms with van der Waals surface area (Å²) >= 11 is 1.05. The molecule has 2 aromatic rings. The summed E-state index contributed by atoms with van der Waals surface area (Å²) in [4.78, 5) is 30.5. The zero-order valence-electron chi connectivity index (χ0n) is 15.3. The molecule has 1 fully saturated rings. The molecule has 3 rings (SSSR count). The van der Waals surface area contributed by atoms with Crippen LogP contribution in [0.4, 0.5) is 4.79 Å². The summed E-state index contributed by atoms with van der Waals surface area (Å²) in [7, 11) is 0. The fourth-order valence-electron chi connectivity index (χ4n) is 2.76. The number of rotatable bonds is 9. The molecule has 0 spiro atoms. The highest BCUT2D eigenvalue weighted by Crippen LogP contribution is 2.31. The number of fused-ring (bicyclic) bond motifs is 1. The van der Waals surface area contributed by atoms with Crippen LogP contribution in [0, 0.1) is 0 Å². The number of ether oxygens (including phenoxy) is 1. The van der Waals surface area contributed by atoms with Crippen molar-refractivity contribution in [3.05, 3.63) is 41.7 Å². The van der Waals surface area contributed by atoms with Crippen LogP contribution in [0.25, 0.3) is 5.65 Å². The van der Waals surface area contributed by atoms with Crippen LogP contribution in [0.2, 0.25) is 0 Å². The molecule has 0 radical (unpaired) electrons. The summed E-state index contributed by atoms with van der Waals surface area (Å²) in [5.41, 5.74) is 0.788. The Morgan fingerprint density at radius 2 is 2.07 bits per heavy atom. The number of hydrogen-bond acceptors (Lipinski definition) is 5. The number of carbonyl (C=O) groups is 2. The smallest absolute Gasteiger partial charge is 0.293 e. The van der Waals surface area contributed by atoms with E-state index in [4.69, 9.17) is 4.74 Å². The van der Waals surface area contributed by atoms with Gasteiger partial charge in [-0.2, -0.15) is 0 Å². The van der Waals surface area contributed by atoms with Gasteiger partial charge in [-0.1, -0.05) is 25.8 Å². The zero-order chi connectivity index (χ0) is 18.4. The topological polar surface area (TPSA) is 63.9 Å². The van der Waals surface area contributed by atoms with E-state index >= 15 is 0 Å². The molecule has 2 amide bonds. The molecule has 0 saturated carbocycles. The van der Waals surface area contributed by atoms with Crippen molar-refractivity contribution in [3.8, 4) is 5.75 Å². The van der Waals surface area contributed by atoms with Crippen LogP contribution < -0.4 is 4.74 Å². The minimum absolute atomic E-state index is 0. The number of carbonyl (C=O) groups excluding carboxylic acids is 2. The van der Waals surface area contributed by atoms with Gasteiger partial charge < -0.3 is 9.14 Å². The maximum atomic E-state index is 12.3. The molecule has 2 aromatic heterocycles. The molecule has 1 saturated heterocycles. The van der Waals surface area contributed by atoms with E-state index in [1.165, 1.54) is 4.90 Å². The summed E-state index contributed by atoms with van der Waals surface area (Å²) in [5.74, 6) is 0.585. The van der Waals surface area contributed by atoms with E-state index in [1.54, 1.807) is 6.20 Å². The van der Waals surface area contributed by atoms with Gasteiger partial charge in [0.05, 0.1) is 11.5 Å². The molecule has 0 aliphatic carbocycles. The number of allylic oxidation sites excluding steroid dienone is 1. The van der Waals surface area contributed by atoms with E-state index in [1.807, 2.05) is 35.0 Å². The van der Waals surface area contributed by atoms with E-state index < -0.39 is 0 Å². The van der Waals surface area contributed by atoms with Gasteiger partial charge in [0.25, 0.3) is 11.1 Å². The lowest BCUT2D eigenvalue weighted by Gasteiger charge is -2.12. The quantitative estimate of drug-likeness (QED) is 0.444. The number of aromatic nitrogens is 2. The van der Waals surface area contributed by atoms with Gasteiger partial charge in [0, 0.05) is 25.1 Å². The number of amides is 2. The third kappa shape index (κ3) is 5.26. The van der Waals surface area contributed by atoms with Crippen molar-refractivity contribution < 1.29 is 14.3 Å². The summed E-state index contributed by atoms with van der Waals surface area (Å²) in [6.45, 7) is 3.07. The number of hydrogen-bond donors (Lipinski definition) is 0. The van der Waals surface area contributed by atoms with Crippen LogP contribution in [-0.2, 0) is 4.79 Å². The minimum atomic E-state index is -0.166. The van der Waals surface area contributed by atoms with E-state index in [2.05, 4.69) is 11.9 Å². The maximum absolute atomic E-state index is 12.3. The SMILES string of the molecule is CCCCC=C1SC(=O)N(CCCCOc2cccn3ccnc23)C1=O.Cl. The normalized spacial score (nSPS) is 15.6. The predicted octanol–water partition coefficient (Wildman–Crippen LogP) is 4.68. The standard InChI is InChI=1S/C19H23N3O3S.ClH/c1-2-3-4-9-16-18(23)22(19(24)26-16)12-5-6-14-25-15-8-7-11-21-13-10-20-17(15)21;/h7-11,13H,2-6,12,14H2,1H3;1H. The van der Waals surface area contributed by atoms with Crippen LogP contribution in [0.5, 0.6) is 5.75 Å². The molecule has 146 valence electrons. The van der Waals surface area contributed by atoms with Gasteiger partial charge in [0.2, 0.25) is 0 Å². The van der Waals surface area contributed by atoms with Gasteiger partial charge in [-0.15, -0.1) is 12.4 Å². The first-order valence-electron chi connectivity index (χ1n) is 8.99. The summed E-state index contributed by atoms with van der Waals surface area (Å²) in [5, 5.41) is -0.166. The third-order valence-corrected chi connectivity index (χ3v) is 5.13. The van der Waals surface area contributed by atoms with E-state index in [-0.39, 0.29) is 23.6 Å². The number of imidazole rings is 1. The first kappa shape index (κ1) is 21.3. The predicted molar refractivity (Wildman–Crippen MR) is 109 cm³/mol. The average Bonchev–Trinajstić information content (AvgIpc) is 3.22. The monoisotopic (exact) mass is 409 g/mol. The minimum Gasteiger partial charge on any atom is -0.490 e. The van der Waals surface area contributed by atoms with E-state index in [0.29, 0.717) is 18.1 Å². The highest BCUT2D eigenvalue weighted by molar-refractivity contribution is 8.18. The van der Waals surface area contributed by atoms with Crippen LogP contribution in [-0.4, -0.2) is 38.6 Å². The first-order chi connectivity index (χ1) is 12.7. The lowest BCUT2D eigenvalue weighted by Crippen LogP contribution is -2.29. The second-order valence-electron chi connectivity index (χ2n) is 6.12. The van der Waals surface area contributed by atoms with E-state index in [9.17, 15) is 9.59 Å². The zero-order valence-corrected chi connectivity index (χ0v) is 16.9. The Balaban J connectivity index is 0.00000261. The van der Waals surface area contributed by atoms with Gasteiger partial charge in [0.1, 0.15) is 0 Å². The maximum Gasteiger partial charge on any atom is 0.293 e. The highest BCUT2D eigenvalue weighted by Gasteiger charge is 2.34. The lowest BCUT2D eigenvalue weighted by molar-refractivity contribution is -0.122. The average molecular weight is 410 g/mol. The van der Waals surface area contributed by atoms with Crippen LogP contribution in [0.15, 0.2) is 41.7 Å². The van der Waals surface area contributed by atoms with Crippen molar-refractivity contribution in [2.75, 3.05) is 13.2 Å². The molecule has 0 atom stereocenters. The molecule has 0 N–H and O–H groups in total. The van der Waals surface area contributed by atoms with Crippen LogP contribution >= 0.6 is 24.2 Å². The van der Waals surface area contributed by atoms with Gasteiger partial charge in [-0.05, 0) is 43.2 Å². The molecule has 6 nitrogen and oxygen atoms in total. The Labute approximate surface area is 169 Å². The molecule has 0 bridgehead atoms. The van der Waals surface area contributed by atoms with Crippen molar-refractivity contribution in [3.63, 3.8) is 0 Å². The Bertz CT molecular complexity index is 821. The van der Waals surface area contributed by atoms with Gasteiger partial charge >= 0.3 is 0 Å². The van der Waals surface area contributed by atoms with Gasteiger partial charge in [0.15, 0.2) is 11.4 Å². The summed E-state index contributed by atoms with van der Waals surface area (Å²) in [6, 6.07) is 3.80. The van der Waals surface area contributed by atoms with Crippen LogP contribution in [0.1, 0.15) is 39.0 Å². The second kappa shape index (κ2) is 10.4. The fourth-order valence-corrected chi connectivity index (χ4v) is 3.63. The fraction of sp³-hybridized carbons (Fsp3) is 0.421. The number of thioether (sulfide) groups is 1. The Kier molecular flexibility index (Phi) is 8.19. The van der Waals surface area contributed by atoms with Gasteiger partial charge in [-0.3, -0.25) is 14.5 Å². The number of pyridine rings is 1. The molecule has 1 aliphatic heterocycles. The van der Waals surface area contributed by atoms with Crippen molar-refractivity contribution in [1.82, 2.24) is 14.3 Å². The van der Waals surface area contributed by atoms with Crippen molar-refractivity contribution in [2.24, 2.45) is 0 Å². The third-order valence-electron chi connectivity index (χ3n) is 4.18. The Hall–Kier alpha value is -1.99. The van der Waals surface area contributed by atoms with Crippen molar-refractivity contribution >= 4 is 41.0 Å². The molecule has 3 heterocycles. The largest absolute Gasteiger partial charge is 0.490 e. The second-order valence-corrected chi connectivity index (χ2v) is 7.11. The molecule has 27 heavy (non-hydrogen) atoms. The van der Waals surface area contributed by atoms with Crippen molar-refractivity contribution in [2.45, 2.75) is 39.0 Å². The summed E-state index contributed by atoms with van der Waals surface area (Å²) in [6.07, 6.45) is 11.9. The number of halogens is 1. The van der Waals surface area contributed by atoms with Crippen molar-refractivity contribution in [1.29, 1.82) is 0 Å². The Morgan fingerprint density at radius 1 is 1.22 bits per heavy atom. The van der Waals surface area contributed by atoms with E-state index in [0.717, 1.165) is 55.3 Å². The number of imide groups is 1. The number of unbranched alkanes of at least 4 members (excludes halogenated alkanes) is 3. The van der Waals surface area contributed by atoms with Crippen LogP contribution in [0.3, 0.4) is 0 Å². The number of nitrogens with zero attached hydrogens (tertiary/aromatic N) is 3. The molecule has 0 unspecified atom stereocenters. The molecular weight excluding hydrogens is 386 g/mol. The lowest BCUT2D eigenvalue weighted by atomic mass is 10.2. The molecule has 1 aliphatic rings. The molecular formula is C19H24ClN3O3S.